The second kappa shape index (κ2) is 7.06. The van der Waals surface area contributed by atoms with Crippen molar-refractivity contribution in [2.45, 2.75) is 45.6 Å². The van der Waals surface area contributed by atoms with E-state index in [2.05, 4.69) is 29.0 Å². The van der Waals surface area contributed by atoms with Crippen molar-refractivity contribution in [1.29, 1.82) is 0 Å². The van der Waals surface area contributed by atoms with Crippen molar-refractivity contribution >= 4 is 0 Å². The minimum atomic E-state index is 0.651. The third-order valence-electron chi connectivity index (χ3n) is 3.97. The molecule has 1 aliphatic heterocycles. The van der Waals surface area contributed by atoms with Crippen molar-refractivity contribution in [3.63, 3.8) is 0 Å². The van der Waals surface area contributed by atoms with E-state index in [-0.39, 0.29) is 0 Å². The summed E-state index contributed by atoms with van der Waals surface area (Å²) in [5, 5.41) is 3.13. The predicted molar refractivity (Wildman–Crippen MR) is 77.3 cm³/mol. The van der Waals surface area contributed by atoms with Gasteiger partial charge in [0.2, 0.25) is 0 Å². The van der Waals surface area contributed by atoms with E-state index in [4.69, 9.17) is 4.42 Å². The average Bonchev–Trinajstić information content (AvgIpc) is 2.84. The van der Waals surface area contributed by atoms with Gasteiger partial charge in [-0.05, 0) is 46.2 Å². The molecule has 4 heteroatoms. The fourth-order valence-corrected chi connectivity index (χ4v) is 2.79. The van der Waals surface area contributed by atoms with E-state index >= 15 is 0 Å². The fraction of sp³-hybridized carbons (Fsp3) is 0.800. The first-order chi connectivity index (χ1) is 9.19. The molecule has 1 atom stereocenters. The van der Waals surface area contributed by atoms with E-state index in [1.165, 1.54) is 25.9 Å². The molecular formula is C15H27N3O. The molecule has 0 aromatic carbocycles. The molecule has 0 spiro atoms. The van der Waals surface area contributed by atoms with Gasteiger partial charge in [-0.25, -0.2) is 4.98 Å². The molecule has 2 rings (SSSR count). The van der Waals surface area contributed by atoms with E-state index in [1.54, 1.807) is 0 Å². The molecule has 1 fully saturated rings. The molecule has 0 bridgehead atoms. The molecule has 108 valence electrons. The first kappa shape index (κ1) is 14.5. The summed E-state index contributed by atoms with van der Waals surface area (Å²) in [5.74, 6) is 2.62. The lowest BCUT2D eigenvalue weighted by Gasteiger charge is -2.35. The Morgan fingerprint density at radius 2 is 2.37 bits per heavy atom. The van der Waals surface area contributed by atoms with Gasteiger partial charge in [-0.1, -0.05) is 0 Å². The number of likely N-dealkylation sites (tertiary alicyclic amines) is 1. The van der Waals surface area contributed by atoms with Crippen LogP contribution in [-0.4, -0.2) is 42.6 Å². The highest BCUT2D eigenvalue weighted by Gasteiger charge is 2.23. The van der Waals surface area contributed by atoms with Gasteiger partial charge >= 0.3 is 0 Å². The van der Waals surface area contributed by atoms with Gasteiger partial charge in [0.05, 0.1) is 6.20 Å². The van der Waals surface area contributed by atoms with Crippen molar-refractivity contribution in [2.75, 3.05) is 26.7 Å². The van der Waals surface area contributed by atoms with E-state index in [1.807, 2.05) is 13.2 Å². The van der Waals surface area contributed by atoms with E-state index < -0.39 is 0 Å². The lowest BCUT2D eigenvalue weighted by Crippen LogP contribution is -2.40. The molecule has 1 aliphatic rings. The molecule has 0 amide bonds. The van der Waals surface area contributed by atoms with Crippen LogP contribution in [-0.2, 0) is 12.8 Å². The van der Waals surface area contributed by atoms with Crippen molar-refractivity contribution in [3.8, 4) is 0 Å². The Morgan fingerprint density at radius 3 is 3.11 bits per heavy atom. The minimum Gasteiger partial charge on any atom is -0.446 e. The molecule has 4 nitrogen and oxygen atoms in total. The second-order valence-electron chi connectivity index (χ2n) is 5.87. The molecule has 0 radical (unpaired) electrons. The summed E-state index contributed by atoms with van der Waals surface area (Å²) < 4.78 is 5.81. The van der Waals surface area contributed by atoms with Gasteiger partial charge in [-0.2, -0.15) is 0 Å². The Hall–Kier alpha value is -0.870. The summed E-state index contributed by atoms with van der Waals surface area (Å²) in [6, 6.07) is 0.651. The van der Waals surface area contributed by atoms with Crippen molar-refractivity contribution in [1.82, 2.24) is 15.2 Å². The number of rotatable bonds is 6. The monoisotopic (exact) mass is 265 g/mol. The molecule has 1 saturated heterocycles. The summed E-state index contributed by atoms with van der Waals surface area (Å²) in [4.78, 5) is 6.99. The third-order valence-corrected chi connectivity index (χ3v) is 3.97. The van der Waals surface area contributed by atoms with Crippen LogP contribution in [0.4, 0.5) is 0 Å². The quantitative estimate of drug-likeness (QED) is 0.855. The normalized spacial score (nSPS) is 21.2. The lowest BCUT2D eigenvalue weighted by atomic mass is 9.94. The largest absolute Gasteiger partial charge is 0.446 e. The summed E-state index contributed by atoms with van der Waals surface area (Å²) in [6.45, 7) is 7.94. The van der Waals surface area contributed by atoms with Gasteiger partial charge in [0.15, 0.2) is 5.89 Å². The summed E-state index contributed by atoms with van der Waals surface area (Å²) in [5.41, 5.74) is 0. The van der Waals surface area contributed by atoms with Gasteiger partial charge in [-0.15, -0.1) is 0 Å². The highest BCUT2D eigenvalue weighted by molar-refractivity contribution is 4.96. The van der Waals surface area contributed by atoms with Crippen LogP contribution in [0.5, 0.6) is 0 Å². The first-order valence-electron chi connectivity index (χ1n) is 7.51. The minimum absolute atomic E-state index is 0.651. The van der Waals surface area contributed by atoms with Gasteiger partial charge in [-0.3, -0.25) is 0 Å². The molecule has 1 N–H and O–H groups in total. The maximum Gasteiger partial charge on any atom is 0.194 e. The van der Waals surface area contributed by atoms with Crippen LogP contribution in [0.1, 0.15) is 38.3 Å². The zero-order chi connectivity index (χ0) is 13.7. The molecule has 0 saturated carbocycles. The molecule has 1 aromatic heterocycles. The van der Waals surface area contributed by atoms with E-state index in [0.29, 0.717) is 12.0 Å². The molecule has 19 heavy (non-hydrogen) atoms. The van der Waals surface area contributed by atoms with Crippen LogP contribution in [0.25, 0.3) is 0 Å². The van der Waals surface area contributed by atoms with Crippen molar-refractivity contribution in [3.05, 3.63) is 17.8 Å². The highest BCUT2D eigenvalue weighted by atomic mass is 16.4. The second-order valence-corrected chi connectivity index (χ2v) is 5.87. The summed E-state index contributed by atoms with van der Waals surface area (Å²) in [7, 11) is 1.96. The lowest BCUT2D eigenvalue weighted by molar-refractivity contribution is 0.136. The predicted octanol–water partition coefficient (Wildman–Crippen LogP) is 2.10. The number of aromatic nitrogens is 1. The van der Waals surface area contributed by atoms with Crippen LogP contribution in [0, 0.1) is 5.92 Å². The van der Waals surface area contributed by atoms with Gasteiger partial charge < -0.3 is 14.6 Å². The van der Waals surface area contributed by atoms with Crippen molar-refractivity contribution < 1.29 is 4.42 Å². The number of hydrogen-bond acceptors (Lipinski definition) is 4. The maximum atomic E-state index is 5.81. The molecule has 1 unspecified atom stereocenters. The van der Waals surface area contributed by atoms with Crippen LogP contribution < -0.4 is 5.32 Å². The number of likely N-dealkylation sites (N-methyl/N-ethyl adjacent to an activating group) is 1. The first-order valence-corrected chi connectivity index (χ1v) is 7.51. The molecule has 2 heterocycles. The Morgan fingerprint density at radius 1 is 1.53 bits per heavy atom. The average molecular weight is 265 g/mol. The van der Waals surface area contributed by atoms with Gasteiger partial charge in [0, 0.05) is 32.0 Å². The SMILES string of the molecule is CNCCc1cnc(CC2CCCN(C(C)C)C2)o1. The van der Waals surface area contributed by atoms with E-state index in [0.717, 1.165) is 31.0 Å². The zero-order valence-corrected chi connectivity index (χ0v) is 12.5. The molecule has 0 aliphatic carbocycles. The Labute approximate surface area is 116 Å². The number of hydrogen-bond donors (Lipinski definition) is 1. The number of nitrogens with one attached hydrogen (secondary N) is 1. The summed E-state index contributed by atoms with van der Waals surface area (Å²) in [6.07, 6.45) is 6.40. The summed E-state index contributed by atoms with van der Waals surface area (Å²) >= 11 is 0. The molecular weight excluding hydrogens is 238 g/mol. The Balaban J connectivity index is 1.84. The third kappa shape index (κ3) is 4.32. The number of oxazole rings is 1. The molecule has 1 aromatic rings. The van der Waals surface area contributed by atoms with Gasteiger partial charge in [0.1, 0.15) is 5.76 Å². The maximum absolute atomic E-state index is 5.81. The van der Waals surface area contributed by atoms with E-state index in [9.17, 15) is 0 Å². The Bertz CT molecular complexity index is 375. The van der Waals surface area contributed by atoms with Crippen LogP contribution in [0.3, 0.4) is 0 Å². The van der Waals surface area contributed by atoms with Gasteiger partial charge in [0.25, 0.3) is 0 Å². The van der Waals surface area contributed by atoms with Crippen molar-refractivity contribution in [2.24, 2.45) is 5.92 Å². The van der Waals surface area contributed by atoms with Crippen LogP contribution in [0.2, 0.25) is 0 Å². The van der Waals surface area contributed by atoms with Crippen LogP contribution >= 0.6 is 0 Å². The Kier molecular flexibility index (Phi) is 5.40. The van der Waals surface area contributed by atoms with Crippen LogP contribution in [0.15, 0.2) is 10.6 Å². The smallest absolute Gasteiger partial charge is 0.194 e. The fourth-order valence-electron chi connectivity index (χ4n) is 2.79. The highest BCUT2D eigenvalue weighted by Crippen LogP contribution is 2.22. The number of nitrogens with zero attached hydrogens (tertiary/aromatic N) is 2. The topological polar surface area (TPSA) is 41.3 Å². The number of piperidine rings is 1. The standard InChI is InChI=1S/C15H27N3O/c1-12(2)18-8-4-5-13(11-18)9-15-17-10-14(19-15)6-7-16-3/h10,12-13,16H,4-9,11H2,1-3H3. The zero-order valence-electron chi connectivity index (χ0n) is 12.5.